The zero-order valence-corrected chi connectivity index (χ0v) is 23.6. The first-order valence-corrected chi connectivity index (χ1v) is 13.8. The number of piperidine rings is 1. The molecule has 2 aliphatic heterocycles. The molecule has 1 aromatic carbocycles. The summed E-state index contributed by atoms with van der Waals surface area (Å²) in [6, 6.07) is 6.05. The predicted octanol–water partition coefficient (Wildman–Crippen LogP) is 4.57. The average Bonchev–Trinajstić information content (AvgIpc) is 3.29. The number of aromatic nitrogens is 2. The highest BCUT2D eigenvalue weighted by Gasteiger charge is 2.50. The molecule has 2 aliphatic rings. The maximum absolute atomic E-state index is 13.9. The van der Waals surface area contributed by atoms with Crippen molar-refractivity contribution in [2.75, 3.05) is 19.6 Å². The van der Waals surface area contributed by atoms with Gasteiger partial charge in [-0.1, -0.05) is 11.6 Å². The van der Waals surface area contributed by atoms with Gasteiger partial charge in [0.2, 0.25) is 11.8 Å². The van der Waals surface area contributed by atoms with Crippen LogP contribution in [0.3, 0.4) is 0 Å². The standard InChI is InChI=1S/C29H28ClF3N6O4/c30-21-1-2-23(29(31,32)33)20(10-21)16-39-8-5-28(24(39)17-9-18(25(34)40)13-36-12-17)3-6-38(7-4-28)27(42)43-22-11-19(26(35)41)14-37-15-22/h1-2,9-15,24H,3-8,16H2,(H2,34,40)(H2,35,41). The summed E-state index contributed by atoms with van der Waals surface area (Å²) in [4.78, 5) is 47.9. The van der Waals surface area contributed by atoms with Gasteiger partial charge in [0.25, 0.3) is 0 Å². The van der Waals surface area contributed by atoms with Gasteiger partial charge in [-0.15, -0.1) is 0 Å². The molecular formula is C29H28ClF3N6O4. The zero-order valence-electron chi connectivity index (χ0n) is 22.8. The Morgan fingerprint density at radius 2 is 1.56 bits per heavy atom. The van der Waals surface area contributed by atoms with E-state index < -0.39 is 41.1 Å². The van der Waals surface area contributed by atoms with Crippen molar-refractivity contribution >= 4 is 29.5 Å². The summed E-state index contributed by atoms with van der Waals surface area (Å²) in [6.45, 7) is 1.03. The molecule has 2 fully saturated rings. The van der Waals surface area contributed by atoms with E-state index in [1.54, 1.807) is 12.3 Å². The molecule has 4 heterocycles. The van der Waals surface area contributed by atoms with Crippen molar-refractivity contribution < 1.29 is 32.3 Å². The summed E-state index contributed by atoms with van der Waals surface area (Å²) in [6.07, 6.45) is 1.94. The Balaban J connectivity index is 1.41. The second kappa shape index (κ2) is 11.8. The third-order valence-electron chi connectivity index (χ3n) is 8.17. The van der Waals surface area contributed by atoms with E-state index in [0.29, 0.717) is 44.5 Å². The molecule has 3 amide bonds. The highest BCUT2D eigenvalue weighted by molar-refractivity contribution is 6.30. The Morgan fingerprint density at radius 3 is 2.21 bits per heavy atom. The van der Waals surface area contributed by atoms with E-state index >= 15 is 0 Å². The number of hydrogen-bond donors (Lipinski definition) is 2. The fraction of sp³-hybridized carbons (Fsp3) is 0.345. The van der Waals surface area contributed by atoms with E-state index in [1.165, 1.54) is 41.7 Å². The second-order valence-corrected chi connectivity index (χ2v) is 11.2. The van der Waals surface area contributed by atoms with Gasteiger partial charge >= 0.3 is 12.3 Å². The Hall–Kier alpha value is -4.23. The number of halogens is 4. The van der Waals surface area contributed by atoms with Gasteiger partial charge in [0.1, 0.15) is 0 Å². The summed E-state index contributed by atoms with van der Waals surface area (Å²) >= 11 is 6.11. The van der Waals surface area contributed by atoms with Gasteiger partial charge < -0.3 is 21.1 Å². The topological polar surface area (TPSA) is 145 Å². The van der Waals surface area contributed by atoms with Crippen LogP contribution in [-0.2, 0) is 12.7 Å². The van der Waals surface area contributed by atoms with E-state index in [4.69, 9.17) is 27.8 Å². The van der Waals surface area contributed by atoms with E-state index in [9.17, 15) is 27.6 Å². The molecule has 14 heteroatoms. The van der Waals surface area contributed by atoms with Crippen molar-refractivity contribution in [3.05, 3.63) is 88.0 Å². The summed E-state index contributed by atoms with van der Waals surface area (Å²) < 4.78 is 47.1. The van der Waals surface area contributed by atoms with Gasteiger partial charge in [-0.05, 0) is 72.7 Å². The molecule has 0 aliphatic carbocycles. The minimum absolute atomic E-state index is 0.0360. The third-order valence-corrected chi connectivity index (χ3v) is 8.40. The lowest BCUT2D eigenvalue weighted by atomic mass is 9.70. The van der Waals surface area contributed by atoms with Crippen molar-refractivity contribution in [1.82, 2.24) is 19.8 Å². The van der Waals surface area contributed by atoms with Gasteiger partial charge in [0.15, 0.2) is 5.75 Å². The molecular weight excluding hydrogens is 589 g/mol. The molecule has 0 saturated carbocycles. The maximum atomic E-state index is 13.9. The molecule has 1 unspecified atom stereocenters. The van der Waals surface area contributed by atoms with Gasteiger partial charge in [-0.2, -0.15) is 13.2 Å². The molecule has 1 atom stereocenters. The van der Waals surface area contributed by atoms with E-state index in [0.717, 1.165) is 6.07 Å². The van der Waals surface area contributed by atoms with Crippen LogP contribution in [0.15, 0.2) is 55.1 Å². The van der Waals surface area contributed by atoms with Crippen LogP contribution in [0.2, 0.25) is 5.02 Å². The third kappa shape index (κ3) is 6.42. The highest BCUT2D eigenvalue weighted by atomic mass is 35.5. The van der Waals surface area contributed by atoms with Crippen molar-refractivity contribution in [1.29, 1.82) is 0 Å². The zero-order chi connectivity index (χ0) is 30.9. The van der Waals surface area contributed by atoms with Crippen LogP contribution in [0, 0.1) is 5.41 Å². The number of alkyl halides is 3. The number of likely N-dealkylation sites (tertiary alicyclic amines) is 2. The normalized spacial score (nSPS) is 18.5. The number of hydrogen-bond acceptors (Lipinski definition) is 7. The van der Waals surface area contributed by atoms with Crippen LogP contribution >= 0.6 is 11.6 Å². The Kier molecular flexibility index (Phi) is 8.30. The fourth-order valence-corrected chi connectivity index (χ4v) is 6.31. The molecule has 3 aromatic rings. The number of carbonyl (C=O) groups is 3. The van der Waals surface area contributed by atoms with Crippen LogP contribution in [0.25, 0.3) is 0 Å². The number of primary amides is 2. The first-order valence-electron chi connectivity index (χ1n) is 13.4. The van der Waals surface area contributed by atoms with Crippen molar-refractivity contribution in [2.45, 2.75) is 38.0 Å². The number of rotatable bonds is 6. The number of ether oxygens (including phenoxy) is 1. The molecule has 4 N–H and O–H groups in total. The minimum atomic E-state index is -4.57. The molecule has 5 rings (SSSR count). The molecule has 43 heavy (non-hydrogen) atoms. The number of pyridine rings is 2. The molecule has 10 nitrogen and oxygen atoms in total. The quantitative estimate of drug-likeness (QED) is 0.412. The van der Waals surface area contributed by atoms with Crippen LogP contribution in [0.4, 0.5) is 18.0 Å². The number of nitrogens with two attached hydrogens (primary N) is 2. The van der Waals surface area contributed by atoms with Crippen LogP contribution in [0.1, 0.15) is 62.7 Å². The van der Waals surface area contributed by atoms with Crippen LogP contribution in [0.5, 0.6) is 5.75 Å². The van der Waals surface area contributed by atoms with E-state index in [-0.39, 0.29) is 34.0 Å². The fourth-order valence-electron chi connectivity index (χ4n) is 6.12. The monoisotopic (exact) mass is 616 g/mol. The lowest BCUT2D eigenvalue weighted by molar-refractivity contribution is -0.138. The second-order valence-electron chi connectivity index (χ2n) is 10.8. The molecule has 2 saturated heterocycles. The first kappa shape index (κ1) is 30.2. The molecule has 0 bridgehead atoms. The van der Waals surface area contributed by atoms with E-state index in [2.05, 4.69) is 9.97 Å². The largest absolute Gasteiger partial charge is 0.416 e. The maximum Gasteiger partial charge on any atom is 0.416 e. The highest BCUT2D eigenvalue weighted by Crippen LogP contribution is 2.54. The summed E-state index contributed by atoms with van der Waals surface area (Å²) in [5.74, 6) is -1.31. The van der Waals surface area contributed by atoms with E-state index in [1.807, 2.05) is 4.90 Å². The molecule has 2 aromatic heterocycles. The average molecular weight is 617 g/mol. The minimum Gasteiger partial charge on any atom is -0.409 e. The SMILES string of the molecule is NC(=O)c1cncc(OC(=O)N2CCC3(CC2)CCN(Cc2cc(Cl)ccc2C(F)(F)F)C3c2cncc(C(N)=O)c2)c1. The number of benzene rings is 1. The van der Waals surface area contributed by atoms with Crippen molar-refractivity contribution in [2.24, 2.45) is 16.9 Å². The van der Waals surface area contributed by atoms with Gasteiger partial charge in [-0.25, -0.2) is 4.79 Å². The Labute approximate surface area is 249 Å². The summed E-state index contributed by atoms with van der Waals surface area (Å²) in [5.41, 5.74) is 10.5. The van der Waals surface area contributed by atoms with Gasteiger partial charge in [0.05, 0.1) is 22.9 Å². The number of nitrogens with zero attached hydrogens (tertiary/aromatic N) is 4. The number of carbonyl (C=O) groups excluding carboxylic acids is 3. The smallest absolute Gasteiger partial charge is 0.409 e. The van der Waals surface area contributed by atoms with Gasteiger partial charge in [-0.3, -0.25) is 24.5 Å². The van der Waals surface area contributed by atoms with Crippen molar-refractivity contribution in [3.63, 3.8) is 0 Å². The lowest BCUT2D eigenvalue weighted by Gasteiger charge is -2.44. The summed E-state index contributed by atoms with van der Waals surface area (Å²) in [7, 11) is 0. The van der Waals surface area contributed by atoms with Crippen LogP contribution in [-0.4, -0.2) is 57.3 Å². The lowest BCUT2D eigenvalue weighted by Crippen LogP contribution is -2.46. The van der Waals surface area contributed by atoms with Crippen LogP contribution < -0.4 is 16.2 Å². The first-order chi connectivity index (χ1) is 20.4. The van der Waals surface area contributed by atoms with Gasteiger partial charge in [0, 0.05) is 49.3 Å². The molecule has 226 valence electrons. The molecule has 0 radical (unpaired) electrons. The molecule has 1 spiro atoms. The Morgan fingerprint density at radius 1 is 0.930 bits per heavy atom. The Bertz CT molecular complexity index is 1560. The predicted molar refractivity (Wildman–Crippen MR) is 149 cm³/mol. The summed E-state index contributed by atoms with van der Waals surface area (Å²) in [5, 5.41) is 0.189. The van der Waals surface area contributed by atoms with Crippen molar-refractivity contribution in [3.8, 4) is 5.75 Å². The number of amides is 3.